The zero-order valence-electron chi connectivity index (χ0n) is 37.0. The van der Waals surface area contributed by atoms with Crippen LogP contribution in [0.4, 0.5) is 0 Å². The molecule has 8 rings (SSSR count). The minimum Gasteiger partial charge on any atom is -0.491 e. The number of aryl methyl sites for hydroxylation is 2. The van der Waals surface area contributed by atoms with Crippen LogP contribution in [-0.2, 0) is 42.8 Å². The summed E-state index contributed by atoms with van der Waals surface area (Å²) in [5, 5.41) is 23.6. The number of aliphatic carboxylic acids is 1. The molecule has 0 radical (unpaired) electrons. The number of carbonyl (C=O) groups is 6. The number of carboxylic acid groups (broad SMARTS) is 1. The normalized spacial score (nSPS) is 18.4. The zero-order chi connectivity index (χ0) is 47.6. The Morgan fingerprint density at radius 1 is 0.955 bits per heavy atom. The fourth-order valence-corrected chi connectivity index (χ4v) is 10.3. The van der Waals surface area contributed by atoms with E-state index in [0.29, 0.717) is 59.5 Å². The van der Waals surface area contributed by atoms with Gasteiger partial charge in [0.1, 0.15) is 45.3 Å². The molecular weight excluding hydrogens is 887 g/mol. The second-order valence-electron chi connectivity index (χ2n) is 16.8. The van der Waals surface area contributed by atoms with Gasteiger partial charge in [-0.15, -0.1) is 5.10 Å². The van der Waals surface area contributed by atoms with Crippen molar-refractivity contribution in [3.8, 4) is 17.2 Å². The number of rotatable bonds is 17. The van der Waals surface area contributed by atoms with E-state index < -0.39 is 70.2 Å². The Kier molecular flexibility index (Phi) is 13.4. The number of para-hydroxylation sites is 1. The molecule has 1 fully saturated rings. The maximum Gasteiger partial charge on any atom is 0.304 e. The SMILES string of the molecule is Cc1ccc(C(CC(=O)O)c2cc(OCCCCCNC(=O)COc3cccc4c3C(=O)N(C3CCC(=O)NC3=O)C4=O)c3c(c2)nnn3C)cc1CN1CC(C)Oc2ccccc2S1(=O)=O. The Bertz CT molecular complexity index is 2920. The summed E-state index contributed by atoms with van der Waals surface area (Å²) in [5.74, 6) is -3.97. The largest absolute Gasteiger partial charge is 0.491 e. The second kappa shape index (κ2) is 19.3. The van der Waals surface area contributed by atoms with Crippen LogP contribution in [0.3, 0.4) is 0 Å². The summed E-state index contributed by atoms with van der Waals surface area (Å²) in [6.07, 6.45) is 1.19. The van der Waals surface area contributed by atoms with Gasteiger partial charge in [-0.3, -0.25) is 39.0 Å². The molecule has 3 aliphatic rings. The molecule has 3 aliphatic heterocycles. The van der Waals surface area contributed by atoms with Crippen LogP contribution >= 0.6 is 0 Å². The molecule has 0 bridgehead atoms. The van der Waals surface area contributed by atoms with Crippen molar-refractivity contribution in [3.05, 3.63) is 106 Å². The second-order valence-corrected chi connectivity index (χ2v) is 18.7. The number of carboxylic acids is 1. The monoisotopic (exact) mass is 935 g/mol. The molecule has 0 saturated carbocycles. The van der Waals surface area contributed by atoms with E-state index in [0.717, 1.165) is 16.0 Å². The van der Waals surface area contributed by atoms with Gasteiger partial charge in [-0.1, -0.05) is 41.6 Å². The van der Waals surface area contributed by atoms with Crippen molar-refractivity contribution in [3.63, 3.8) is 0 Å². The number of hydrogen-bond acceptors (Lipinski definition) is 13. The fraction of sp³-hybridized carbons (Fsp3) is 0.362. The average molecular weight is 936 g/mol. The van der Waals surface area contributed by atoms with Gasteiger partial charge in [-0.05, 0) is 98.2 Å². The first-order chi connectivity index (χ1) is 32.1. The lowest BCUT2D eigenvalue weighted by molar-refractivity contribution is -0.138. The summed E-state index contributed by atoms with van der Waals surface area (Å²) >= 11 is 0. The Morgan fingerprint density at radius 3 is 2.55 bits per heavy atom. The van der Waals surface area contributed by atoms with Gasteiger partial charge in [0.2, 0.25) is 21.8 Å². The highest BCUT2D eigenvalue weighted by Gasteiger charge is 2.46. The predicted octanol–water partition coefficient (Wildman–Crippen LogP) is 4.00. The molecule has 4 aromatic carbocycles. The summed E-state index contributed by atoms with van der Waals surface area (Å²) in [4.78, 5) is 76.6. The number of ether oxygens (including phenoxy) is 3. The molecule has 350 valence electrons. The van der Waals surface area contributed by atoms with E-state index in [1.807, 2.05) is 32.0 Å². The van der Waals surface area contributed by atoms with E-state index in [1.54, 1.807) is 42.1 Å². The third kappa shape index (κ3) is 9.71. The van der Waals surface area contributed by atoms with Gasteiger partial charge in [-0.25, -0.2) is 13.1 Å². The number of fused-ring (bicyclic) bond motifs is 3. The molecule has 67 heavy (non-hydrogen) atoms. The van der Waals surface area contributed by atoms with Crippen molar-refractivity contribution >= 4 is 56.6 Å². The Hall–Kier alpha value is -7.19. The van der Waals surface area contributed by atoms with Crippen molar-refractivity contribution in [1.82, 2.24) is 34.8 Å². The quantitative estimate of drug-likeness (QED) is 0.0882. The number of aromatic nitrogens is 3. The first-order valence-corrected chi connectivity index (χ1v) is 23.3. The van der Waals surface area contributed by atoms with Crippen molar-refractivity contribution in [1.29, 1.82) is 0 Å². The van der Waals surface area contributed by atoms with Gasteiger partial charge >= 0.3 is 5.97 Å². The first kappa shape index (κ1) is 46.3. The van der Waals surface area contributed by atoms with E-state index in [9.17, 15) is 42.3 Å². The molecular formula is C47H49N7O12S. The number of imide groups is 2. The molecule has 5 aromatic rings. The number of nitrogens with zero attached hydrogens (tertiary/aromatic N) is 5. The lowest BCUT2D eigenvalue weighted by Crippen LogP contribution is -2.54. The van der Waals surface area contributed by atoms with Crippen LogP contribution in [-0.4, -0.2) is 112 Å². The van der Waals surface area contributed by atoms with Crippen molar-refractivity contribution in [2.24, 2.45) is 7.05 Å². The minimum absolute atomic E-state index is 0.0109. The molecule has 3 atom stereocenters. The smallest absolute Gasteiger partial charge is 0.304 e. The summed E-state index contributed by atoms with van der Waals surface area (Å²) < 4.78 is 48.7. The highest BCUT2D eigenvalue weighted by molar-refractivity contribution is 7.89. The van der Waals surface area contributed by atoms with Crippen molar-refractivity contribution in [2.45, 2.75) is 81.9 Å². The van der Waals surface area contributed by atoms with Crippen molar-refractivity contribution < 1.29 is 56.5 Å². The van der Waals surface area contributed by atoms with E-state index in [-0.39, 0.29) is 60.7 Å². The molecule has 5 amide bonds. The average Bonchev–Trinajstić information content (AvgIpc) is 3.76. The predicted molar refractivity (Wildman–Crippen MR) is 239 cm³/mol. The lowest BCUT2D eigenvalue weighted by atomic mass is 9.86. The van der Waals surface area contributed by atoms with E-state index in [4.69, 9.17) is 14.2 Å². The topological polar surface area (TPSA) is 246 Å². The van der Waals surface area contributed by atoms with Gasteiger partial charge in [0, 0.05) is 32.5 Å². The summed E-state index contributed by atoms with van der Waals surface area (Å²) in [6.45, 7) is 4.05. The number of unbranched alkanes of at least 4 members (excludes halogenated alkanes) is 2. The van der Waals surface area contributed by atoms with Gasteiger partial charge in [-0.2, -0.15) is 4.31 Å². The van der Waals surface area contributed by atoms with Gasteiger partial charge in [0.25, 0.3) is 17.7 Å². The van der Waals surface area contributed by atoms with Gasteiger partial charge < -0.3 is 24.6 Å². The van der Waals surface area contributed by atoms with E-state index >= 15 is 0 Å². The molecule has 1 aromatic heterocycles. The number of benzene rings is 4. The third-order valence-electron chi connectivity index (χ3n) is 12.0. The third-order valence-corrected chi connectivity index (χ3v) is 13.9. The van der Waals surface area contributed by atoms with Crippen LogP contribution in [0.25, 0.3) is 11.0 Å². The fourth-order valence-electron chi connectivity index (χ4n) is 8.66. The van der Waals surface area contributed by atoms with Crippen LogP contribution in [0.5, 0.6) is 17.2 Å². The molecule has 4 heterocycles. The van der Waals surface area contributed by atoms with Crippen LogP contribution < -0.4 is 24.8 Å². The maximum absolute atomic E-state index is 13.9. The van der Waals surface area contributed by atoms with E-state index in [1.165, 1.54) is 28.6 Å². The lowest BCUT2D eigenvalue weighted by Gasteiger charge is -2.27. The molecule has 0 spiro atoms. The standard InChI is InChI=1S/C47H49N7O12S/c1-27-14-15-29(20-31(27)25-53-24-28(2)66-36-11-5-6-13-39(36)67(53,62)63)33(23-42(57)58)30-21-34-44(52(3)51-50-34)38(22-30)64-19-8-4-7-18-48-41(56)26-65-37-12-9-10-32-43(37)47(61)54(46(32)60)35-16-17-40(55)49-45(35)59/h5-6,9-15,20-22,28,33,35H,4,7-8,16-19,23-26H2,1-3H3,(H,48,56)(H,57,58)(H,49,55,59). The number of piperidine rings is 1. The summed E-state index contributed by atoms with van der Waals surface area (Å²) in [7, 11) is -2.19. The van der Waals surface area contributed by atoms with Crippen molar-refractivity contribution in [2.75, 3.05) is 26.3 Å². The molecule has 0 aliphatic carbocycles. The van der Waals surface area contributed by atoms with Gasteiger partial charge in [0.15, 0.2) is 6.61 Å². The number of sulfonamides is 1. The number of nitrogens with one attached hydrogen (secondary N) is 2. The van der Waals surface area contributed by atoms with Crippen LogP contribution in [0.2, 0.25) is 0 Å². The molecule has 19 nitrogen and oxygen atoms in total. The Balaban J connectivity index is 0.876. The summed E-state index contributed by atoms with van der Waals surface area (Å²) in [5.41, 5.74) is 3.99. The van der Waals surface area contributed by atoms with Crippen LogP contribution in [0.1, 0.15) is 94.3 Å². The molecule has 1 saturated heterocycles. The van der Waals surface area contributed by atoms with E-state index in [2.05, 4.69) is 20.9 Å². The molecule has 20 heteroatoms. The zero-order valence-corrected chi connectivity index (χ0v) is 37.8. The maximum atomic E-state index is 13.9. The first-order valence-electron chi connectivity index (χ1n) is 21.9. The Labute approximate surface area is 385 Å². The number of carbonyl (C=O) groups excluding carboxylic acids is 5. The minimum atomic E-state index is -3.92. The highest BCUT2D eigenvalue weighted by Crippen LogP contribution is 2.38. The highest BCUT2D eigenvalue weighted by atomic mass is 32.2. The van der Waals surface area contributed by atoms with Crippen LogP contribution in [0.15, 0.2) is 77.7 Å². The Morgan fingerprint density at radius 2 is 1.76 bits per heavy atom. The molecule has 3 unspecified atom stereocenters. The number of amides is 5. The van der Waals surface area contributed by atoms with Gasteiger partial charge in [0.05, 0.1) is 30.7 Å². The molecule has 3 N–H and O–H groups in total. The van der Waals surface area contributed by atoms with Crippen LogP contribution in [0, 0.1) is 6.92 Å². The number of hydrogen-bond donors (Lipinski definition) is 3. The summed E-state index contributed by atoms with van der Waals surface area (Å²) in [6, 6.07) is 19.0.